The predicted molar refractivity (Wildman–Crippen MR) is 156 cm³/mol. The standard InChI is InChI=1S/C28H32ClN3O7S2/c1-19-16-32(20(2)18-33)28(34)25-15-22(30-40(35,36)23-7-5-4-6-8-23)11-14-26(25)39-27(19)17-31(3)41(37,38)24-12-9-21(29)10-13-24/h4-15,19-20,27,30,33H,16-18H2,1-3H3/t19-,20-,27-/m1/s1. The molecule has 0 bridgehead atoms. The van der Waals surface area contributed by atoms with Crippen LogP contribution in [0.2, 0.25) is 5.02 Å². The van der Waals surface area contributed by atoms with E-state index in [0.29, 0.717) is 5.02 Å². The topological polar surface area (TPSA) is 133 Å². The van der Waals surface area contributed by atoms with Gasteiger partial charge in [0.05, 0.1) is 34.5 Å². The second-order valence-electron chi connectivity index (χ2n) is 9.99. The molecule has 4 rings (SSSR count). The molecule has 0 aromatic heterocycles. The molecule has 1 heterocycles. The van der Waals surface area contributed by atoms with E-state index >= 15 is 0 Å². The van der Waals surface area contributed by atoms with Gasteiger partial charge in [-0.05, 0) is 61.5 Å². The maximum Gasteiger partial charge on any atom is 0.261 e. The molecule has 0 saturated heterocycles. The number of anilines is 1. The third-order valence-corrected chi connectivity index (χ3v) is 10.4. The molecule has 3 aromatic rings. The van der Waals surface area contributed by atoms with Crippen molar-refractivity contribution in [2.45, 2.75) is 35.8 Å². The van der Waals surface area contributed by atoms with Crippen molar-refractivity contribution < 1.29 is 31.5 Å². The van der Waals surface area contributed by atoms with Crippen LogP contribution in [0.25, 0.3) is 0 Å². The van der Waals surface area contributed by atoms with Gasteiger partial charge in [0.25, 0.3) is 15.9 Å². The highest BCUT2D eigenvalue weighted by Gasteiger charge is 2.35. The molecule has 3 atom stereocenters. The van der Waals surface area contributed by atoms with E-state index in [1.807, 2.05) is 6.92 Å². The minimum absolute atomic E-state index is 0.0382. The van der Waals surface area contributed by atoms with Crippen molar-refractivity contribution in [3.05, 3.63) is 83.4 Å². The van der Waals surface area contributed by atoms with Crippen LogP contribution in [-0.4, -0.2) is 75.9 Å². The van der Waals surface area contributed by atoms with Crippen molar-refractivity contribution in [2.75, 3.05) is 31.5 Å². The Morgan fingerprint density at radius 2 is 1.71 bits per heavy atom. The third-order valence-electron chi connectivity index (χ3n) is 6.93. The summed E-state index contributed by atoms with van der Waals surface area (Å²) in [5.74, 6) is -0.614. The second-order valence-corrected chi connectivity index (χ2v) is 14.2. The monoisotopic (exact) mass is 621 g/mol. The van der Waals surface area contributed by atoms with Crippen molar-refractivity contribution in [3.8, 4) is 5.75 Å². The molecule has 1 aliphatic rings. The van der Waals surface area contributed by atoms with E-state index in [-0.39, 0.29) is 52.4 Å². The van der Waals surface area contributed by atoms with Gasteiger partial charge in [-0.15, -0.1) is 0 Å². The Morgan fingerprint density at radius 1 is 1.05 bits per heavy atom. The number of carbonyl (C=O) groups is 1. The lowest BCUT2D eigenvalue weighted by Crippen LogP contribution is -2.50. The number of nitrogens with zero attached hydrogens (tertiary/aromatic N) is 2. The highest BCUT2D eigenvalue weighted by molar-refractivity contribution is 7.92. The number of aliphatic hydroxyl groups excluding tert-OH is 1. The molecule has 41 heavy (non-hydrogen) atoms. The normalized spacial score (nSPS) is 18.7. The number of sulfonamides is 2. The predicted octanol–water partition coefficient (Wildman–Crippen LogP) is 3.68. The van der Waals surface area contributed by atoms with Crippen molar-refractivity contribution in [2.24, 2.45) is 5.92 Å². The summed E-state index contributed by atoms with van der Waals surface area (Å²) in [6, 6.07) is 17.4. The zero-order valence-electron chi connectivity index (χ0n) is 22.8. The third kappa shape index (κ3) is 6.84. The Morgan fingerprint density at radius 3 is 2.34 bits per heavy atom. The van der Waals surface area contributed by atoms with Crippen LogP contribution < -0.4 is 9.46 Å². The first-order valence-corrected chi connectivity index (χ1v) is 16.2. The number of fused-ring (bicyclic) bond motifs is 1. The number of nitrogens with one attached hydrogen (secondary N) is 1. The molecule has 0 aliphatic carbocycles. The fourth-order valence-corrected chi connectivity index (χ4v) is 6.84. The molecule has 0 radical (unpaired) electrons. The number of amides is 1. The minimum Gasteiger partial charge on any atom is -0.488 e. The molecule has 13 heteroatoms. The van der Waals surface area contributed by atoms with E-state index < -0.39 is 38.1 Å². The zero-order chi connectivity index (χ0) is 29.9. The smallest absolute Gasteiger partial charge is 0.261 e. The molecule has 3 aromatic carbocycles. The first-order chi connectivity index (χ1) is 19.3. The average Bonchev–Trinajstić information content (AvgIpc) is 2.95. The van der Waals surface area contributed by atoms with Gasteiger partial charge in [-0.3, -0.25) is 9.52 Å². The Kier molecular flexibility index (Phi) is 9.29. The Labute approximate surface area is 245 Å². The van der Waals surface area contributed by atoms with Gasteiger partial charge < -0.3 is 14.7 Å². The molecular formula is C28H32ClN3O7S2. The molecule has 0 saturated carbocycles. The van der Waals surface area contributed by atoms with Crippen LogP contribution in [0, 0.1) is 5.92 Å². The van der Waals surface area contributed by atoms with Gasteiger partial charge in [-0.1, -0.05) is 36.7 Å². The molecule has 1 aliphatic heterocycles. The fraction of sp³-hybridized carbons (Fsp3) is 0.321. The van der Waals surface area contributed by atoms with Gasteiger partial charge in [-0.2, -0.15) is 4.31 Å². The fourth-order valence-electron chi connectivity index (χ4n) is 4.46. The van der Waals surface area contributed by atoms with E-state index in [2.05, 4.69) is 4.72 Å². The number of aliphatic hydroxyl groups is 1. The molecule has 0 fully saturated rings. The van der Waals surface area contributed by atoms with Gasteiger partial charge in [0, 0.05) is 30.2 Å². The summed E-state index contributed by atoms with van der Waals surface area (Å²) in [5, 5.41) is 10.3. The van der Waals surface area contributed by atoms with Crippen LogP contribution in [0.5, 0.6) is 5.75 Å². The van der Waals surface area contributed by atoms with Gasteiger partial charge in [-0.25, -0.2) is 16.8 Å². The molecular weight excluding hydrogens is 590 g/mol. The quantitative estimate of drug-likeness (QED) is 0.372. The zero-order valence-corrected chi connectivity index (χ0v) is 25.2. The summed E-state index contributed by atoms with van der Waals surface area (Å²) in [6.07, 6.45) is -0.686. The molecule has 0 spiro atoms. The summed E-state index contributed by atoms with van der Waals surface area (Å²) in [7, 11) is -6.36. The van der Waals surface area contributed by atoms with Crippen LogP contribution in [-0.2, 0) is 20.0 Å². The number of halogens is 1. The number of hydrogen-bond acceptors (Lipinski definition) is 7. The van der Waals surface area contributed by atoms with Gasteiger partial charge >= 0.3 is 0 Å². The molecule has 1 amide bonds. The summed E-state index contributed by atoms with van der Waals surface area (Å²) in [6.45, 7) is 3.36. The van der Waals surface area contributed by atoms with E-state index in [9.17, 15) is 26.7 Å². The van der Waals surface area contributed by atoms with Crippen LogP contribution in [0.3, 0.4) is 0 Å². The minimum atomic E-state index is -3.93. The average molecular weight is 622 g/mol. The van der Waals surface area contributed by atoms with Gasteiger partial charge in [0.2, 0.25) is 10.0 Å². The number of ether oxygens (including phenoxy) is 1. The van der Waals surface area contributed by atoms with Crippen molar-refractivity contribution >= 4 is 43.2 Å². The molecule has 0 unspecified atom stereocenters. The Hall–Kier alpha value is -3.16. The molecule has 220 valence electrons. The van der Waals surface area contributed by atoms with Crippen LogP contribution >= 0.6 is 11.6 Å². The number of hydrogen-bond donors (Lipinski definition) is 2. The summed E-state index contributed by atoms with van der Waals surface area (Å²) >= 11 is 5.92. The molecule has 10 nitrogen and oxygen atoms in total. The van der Waals surface area contributed by atoms with Crippen LogP contribution in [0.4, 0.5) is 5.69 Å². The van der Waals surface area contributed by atoms with E-state index in [4.69, 9.17) is 16.3 Å². The lowest BCUT2D eigenvalue weighted by Gasteiger charge is -2.38. The SMILES string of the molecule is C[C@@H]1CN([C@H](C)CO)C(=O)c2cc(NS(=O)(=O)c3ccccc3)ccc2O[C@@H]1CN(C)S(=O)(=O)c1ccc(Cl)cc1. The van der Waals surface area contributed by atoms with E-state index in [0.717, 1.165) is 0 Å². The number of benzene rings is 3. The second kappa shape index (κ2) is 12.4. The summed E-state index contributed by atoms with van der Waals surface area (Å²) < 4.78 is 62.2. The first kappa shape index (κ1) is 30.8. The maximum absolute atomic E-state index is 13.7. The van der Waals surface area contributed by atoms with E-state index in [1.54, 1.807) is 25.1 Å². The number of carbonyl (C=O) groups excluding carboxylic acids is 1. The molecule has 2 N–H and O–H groups in total. The Balaban J connectivity index is 1.68. The Bertz CT molecular complexity index is 1600. The van der Waals surface area contributed by atoms with Crippen LogP contribution in [0.1, 0.15) is 24.2 Å². The van der Waals surface area contributed by atoms with E-state index in [1.165, 1.54) is 70.9 Å². The number of rotatable bonds is 9. The van der Waals surface area contributed by atoms with Gasteiger partial charge in [0.15, 0.2) is 0 Å². The first-order valence-electron chi connectivity index (χ1n) is 12.9. The highest BCUT2D eigenvalue weighted by atomic mass is 35.5. The van der Waals surface area contributed by atoms with Crippen LogP contribution in [0.15, 0.2) is 82.6 Å². The van der Waals surface area contributed by atoms with Crippen molar-refractivity contribution in [3.63, 3.8) is 0 Å². The van der Waals surface area contributed by atoms with Crippen molar-refractivity contribution in [1.29, 1.82) is 0 Å². The summed E-state index contributed by atoms with van der Waals surface area (Å²) in [5.41, 5.74) is 0.229. The summed E-state index contributed by atoms with van der Waals surface area (Å²) in [4.78, 5) is 15.3. The largest absolute Gasteiger partial charge is 0.488 e. The van der Waals surface area contributed by atoms with Gasteiger partial charge in [0.1, 0.15) is 11.9 Å². The number of likely N-dealkylation sites (N-methyl/N-ethyl adjacent to an activating group) is 1. The highest BCUT2D eigenvalue weighted by Crippen LogP contribution is 2.32. The maximum atomic E-state index is 13.7. The lowest BCUT2D eigenvalue weighted by molar-refractivity contribution is 0.0387. The lowest BCUT2D eigenvalue weighted by atomic mass is 9.99. The van der Waals surface area contributed by atoms with Crippen molar-refractivity contribution in [1.82, 2.24) is 9.21 Å².